The summed E-state index contributed by atoms with van der Waals surface area (Å²) in [7, 11) is 2.08. The first-order chi connectivity index (χ1) is 9.24. The first-order valence-corrected chi connectivity index (χ1v) is 6.89. The number of aromatic nitrogens is 1. The Bertz CT molecular complexity index is 629. The van der Waals surface area contributed by atoms with Crippen LogP contribution in [0, 0.1) is 16.7 Å². The largest absolute Gasteiger partial charge is 0.350 e. The van der Waals surface area contributed by atoms with E-state index in [1.807, 2.05) is 0 Å². The van der Waals surface area contributed by atoms with Crippen molar-refractivity contribution in [2.75, 3.05) is 6.54 Å². The molecule has 19 heavy (non-hydrogen) atoms. The first-order valence-electron chi connectivity index (χ1n) is 6.89. The number of rotatable bonds is 4. The lowest BCUT2D eigenvalue weighted by Crippen LogP contribution is -2.38. The molecule has 1 N–H and O–H groups in total. The van der Waals surface area contributed by atoms with Gasteiger partial charge in [0.05, 0.1) is 11.5 Å². The Hall–Kier alpha value is -1.79. The smallest absolute Gasteiger partial charge is 0.0703 e. The van der Waals surface area contributed by atoms with Crippen LogP contribution in [0.25, 0.3) is 10.9 Å². The summed E-state index contributed by atoms with van der Waals surface area (Å²) < 4.78 is 2.16. The van der Waals surface area contributed by atoms with Gasteiger partial charge >= 0.3 is 0 Å². The quantitative estimate of drug-likeness (QED) is 0.910. The minimum absolute atomic E-state index is 0.0927. The molecule has 0 spiro atoms. The van der Waals surface area contributed by atoms with Crippen molar-refractivity contribution in [1.82, 2.24) is 9.88 Å². The normalized spacial score (nSPS) is 17.1. The molecule has 0 bridgehead atoms. The number of hydrogen-bond donors (Lipinski definition) is 1. The van der Waals surface area contributed by atoms with E-state index in [2.05, 4.69) is 53.5 Å². The van der Waals surface area contributed by atoms with Crippen molar-refractivity contribution in [3.63, 3.8) is 0 Å². The Kier molecular flexibility index (Phi) is 3.04. The second-order valence-corrected chi connectivity index (χ2v) is 5.63. The van der Waals surface area contributed by atoms with Crippen LogP contribution in [0.5, 0.6) is 0 Å². The zero-order valence-electron chi connectivity index (χ0n) is 11.3. The molecule has 1 aromatic heterocycles. The molecule has 1 aromatic carbocycles. The molecule has 2 aromatic rings. The van der Waals surface area contributed by atoms with Gasteiger partial charge in [-0.3, -0.25) is 0 Å². The van der Waals surface area contributed by atoms with Gasteiger partial charge in [-0.1, -0.05) is 24.6 Å². The van der Waals surface area contributed by atoms with Gasteiger partial charge in [-0.15, -0.1) is 0 Å². The van der Waals surface area contributed by atoms with Gasteiger partial charge in [-0.2, -0.15) is 5.26 Å². The molecule has 3 rings (SSSR count). The Morgan fingerprint density at radius 1 is 1.37 bits per heavy atom. The fourth-order valence-corrected chi connectivity index (χ4v) is 2.93. The van der Waals surface area contributed by atoms with E-state index in [9.17, 15) is 5.26 Å². The molecule has 0 atom stereocenters. The molecule has 1 fully saturated rings. The third-order valence-electron chi connectivity index (χ3n) is 4.31. The van der Waals surface area contributed by atoms with E-state index in [1.165, 1.54) is 22.9 Å². The summed E-state index contributed by atoms with van der Waals surface area (Å²) in [6.07, 6.45) is 5.47. The van der Waals surface area contributed by atoms with Crippen molar-refractivity contribution in [2.24, 2.45) is 12.5 Å². The van der Waals surface area contributed by atoms with E-state index in [1.54, 1.807) is 0 Å². The molecule has 3 nitrogen and oxygen atoms in total. The average Bonchev–Trinajstić information content (AvgIpc) is 2.71. The Morgan fingerprint density at radius 2 is 2.16 bits per heavy atom. The average molecular weight is 253 g/mol. The van der Waals surface area contributed by atoms with Crippen LogP contribution in [0.4, 0.5) is 0 Å². The maximum atomic E-state index is 9.22. The van der Waals surface area contributed by atoms with E-state index >= 15 is 0 Å². The highest BCUT2D eigenvalue weighted by Gasteiger charge is 2.36. The van der Waals surface area contributed by atoms with Crippen LogP contribution in [0.2, 0.25) is 0 Å². The molecule has 98 valence electrons. The van der Waals surface area contributed by atoms with Gasteiger partial charge < -0.3 is 9.88 Å². The minimum Gasteiger partial charge on any atom is -0.350 e. The molecule has 0 aliphatic heterocycles. The summed E-state index contributed by atoms with van der Waals surface area (Å²) in [5, 5.41) is 14.0. The van der Waals surface area contributed by atoms with Gasteiger partial charge in [0.2, 0.25) is 0 Å². The predicted molar refractivity (Wildman–Crippen MR) is 76.5 cm³/mol. The predicted octanol–water partition coefficient (Wildman–Crippen LogP) is 2.96. The number of nitriles is 1. The molecule has 1 aliphatic carbocycles. The molecule has 1 aliphatic rings. The van der Waals surface area contributed by atoms with Gasteiger partial charge in [0.25, 0.3) is 0 Å². The number of fused-ring (bicyclic) bond motifs is 1. The van der Waals surface area contributed by atoms with Gasteiger partial charge in [-0.25, -0.2) is 0 Å². The van der Waals surface area contributed by atoms with E-state index < -0.39 is 0 Å². The van der Waals surface area contributed by atoms with E-state index in [4.69, 9.17) is 0 Å². The van der Waals surface area contributed by atoms with E-state index in [0.717, 1.165) is 25.9 Å². The van der Waals surface area contributed by atoms with Gasteiger partial charge in [0.1, 0.15) is 0 Å². The fraction of sp³-hybridized carbons (Fsp3) is 0.438. The Balaban J connectivity index is 1.71. The third kappa shape index (κ3) is 2.13. The first kappa shape index (κ1) is 12.3. The van der Waals surface area contributed by atoms with Crippen LogP contribution in [0.1, 0.15) is 24.8 Å². The topological polar surface area (TPSA) is 40.8 Å². The number of para-hydroxylation sites is 1. The molecule has 0 saturated heterocycles. The van der Waals surface area contributed by atoms with Crippen LogP contribution in [-0.4, -0.2) is 11.1 Å². The highest BCUT2D eigenvalue weighted by molar-refractivity contribution is 5.83. The van der Waals surface area contributed by atoms with Crippen LogP contribution in [0.3, 0.4) is 0 Å². The summed E-state index contributed by atoms with van der Waals surface area (Å²) in [6, 6.07) is 10.9. The summed E-state index contributed by atoms with van der Waals surface area (Å²) >= 11 is 0. The van der Waals surface area contributed by atoms with Crippen LogP contribution < -0.4 is 5.32 Å². The third-order valence-corrected chi connectivity index (χ3v) is 4.31. The fourth-order valence-electron chi connectivity index (χ4n) is 2.93. The number of hydrogen-bond acceptors (Lipinski definition) is 2. The molecule has 0 radical (unpaired) electrons. The number of nitrogens with zero attached hydrogens (tertiary/aromatic N) is 2. The molecule has 0 amide bonds. The summed E-state index contributed by atoms with van der Waals surface area (Å²) in [6.45, 7) is 1.65. The van der Waals surface area contributed by atoms with E-state index in [-0.39, 0.29) is 5.41 Å². The van der Waals surface area contributed by atoms with Crippen molar-refractivity contribution >= 4 is 10.9 Å². The van der Waals surface area contributed by atoms with Crippen LogP contribution in [0.15, 0.2) is 30.5 Å². The molecule has 1 heterocycles. The number of benzene rings is 1. The lowest BCUT2D eigenvalue weighted by atomic mass is 9.70. The van der Waals surface area contributed by atoms with Crippen LogP contribution in [-0.2, 0) is 13.6 Å². The van der Waals surface area contributed by atoms with Crippen LogP contribution >= 0.6 is 0 Å². The number of aryl methyl sites for hydroxylation is 1. The van der Waals surface area contributed by atoms with Gasteiger partial charge in [0, 0.05) is 37.2 Å². The van der Waals surface area contributed by atoms with Crippen molar-refractivity contribution in [3.05, 3.63) is 36.0 Å². The zero-order chi connectivity index (χ0) is 13.3. The molecule has 3 heteroatoms. The van der Waals surface area contributed by atoms with Gasteiger partial charge in [-0.05, 0) is 24.5 Å². The van der Waals surface area contributed by atoms with Crippen molar-refractivity contribution in [3.8, 4) is 6.07 Å². The lowest BCUT2D eigenvalue weighted by Gasteiger charge is -2.35. The monoisotopic (exact) mass is 253 g/mol. The molecular formula is C16H19N3. The van der Waals surface area contributed by atoms with Crippen molar-refractivity contribution in [2.45, 2.75) is 25.8 Å². The summed E-state index contributed by atoms with van der Waals surface area (Å²) in [4.78, 5) is 0. The second-order valence-electron chi connectivity index (χ2n) is 5.63. The zero-order valence-corrected chi connectivity index (χ0v) is 11.3. The van der Waals surface area contributed by atoms with Gasteiger partial charge in [0.15, 0.2) is 0 Å². The number of nitrogens with one attached hydrogen (secondary N) is 1. The van der Waals surface area contributed by atoms with Crippen molar-refractivity contribution in [1.29, 1.82) is 5.26 Å². The van der Waals surface area contributed by atoms with Crippen molar-refractivity contribution < 1.29 is 0 Å². The van der Waals surface area contributed by atoms with E-state index in [0.29, 0.717) is 0 Å². The summed E-state index contributed by atoms with van der Waals surface area (Å²) in [5.74, 6) is 0. The highest BCUT2D eigenvalue weighted by atomic mass is 14.9. The Morgan fingerprint density at radius 3 is 2.84 bits per heavy atom. The second kappa shape index (κ2) is 4.71. The molecule has 1 saturated carbocycles. The Labute approximate surface area is 113 Å². The standard InChI is InChI=1S/C16H19N3/c1-19-10-13(14-5-2-3-6-15(14)19)9-18-12-16(11-17)7-4-8-16/h2-3,5-6,10,18H,4,7-9,12H2,1H3. The molecule has 0 unspecified atom stereocenters. The SMILES string of the molecule is Cn1cc(CNCC2(C#N)CCC2)c2ccccc21. The lowest BCUT2D eigenvalue weighted by molar-refractivity contribution is 0.207. The summed E-state index contributed by atoms with van der Waals surface area (Å²) in [5.41, 5.74) is 2.48. The maximum absolute atomic E-state index is 9.22. The maximum Gasteiger partial charge on any atom is 0.0703 e. The molecular weight excluding hydrogens is 234 g/mol. The highest BCUT2D eigenvalue weighted by Crippen LogP contribution is 2.39. The minimum atomic E-state index is -0.0927.